The van der Waals surface area contributed by atoms with E-state index in [0.29, 0.717) is 25.2 Å². The monoisotopic (exact) mass is 339 g/mol. The fraction of sp³-hybridized carbons (Fsp3) is 0.429. The predicted molar refractivity (Wildman–Crippen MR) is 74.7 cm³/mol. The number of benzene rings is 1. The summed E-state index contributed by atoms with van der Waals surface area (Å²) in [5, 5.41) is 11.8. The fourth-order valence-electron chi connectivity index (χ4n) is 2.40. The normalized spacial score (nSPS) is 21.8. The highest BCUT2D eigenvalue weighted by Crippen LogP contribution is 2.45. The van der Waals surface area contributed by atoms with Crippen LogP contribution in [0.1, 0.15) is 24.3 Å². The molecular weight excluding hydrogens is 326 g/mol. The van der Waals surface area contributed by atoms with Crippen LogP contribution in [-0.4, -0.2) is 30.1 Å². The first-order chi connectivity index (χ1) is 9.52. The van der Waals surface area contributed by atoms with E-state index >= 15 is 0 Å². The van der Waals surface area contributed by atoms with E-state index in [2.05, 4.69) is 21.2 Å². The molecule has 0 aromatic heterocycles. The molecule has 0 radical (unpaired) electrons. The number of carbonyl (C=O) groups excluding carboxylic acids is 1. The van der Waals surface area contributed by atoms with Crippen LogP contribution in [0.15, 0.2) is 22.7 Å². The number of carboxylic acid groups (broad SMARTS) is 1. The minimum atomic E-state index is -0.830. The maximum Gasteiger partial charge on any atom is 0.311 e. The molecule has 6 heteroatoms. The second kappa shape index (κ2) is 4.77. The number of hydrogen-bond acceptors (Lipinski definition) is 3. The molecular formula is C14H14BrNO4. The van der Waals surface area contributed by atoms with Crippen molar-refractivity contribution >= 4 is 27.8 Å². The molecule has 2 N–H and O–H groups in total. The van der Waals surface area contributed by atoms with Crippen molar-refractivity contribution in [3.63, 3.8) is 0 Å². The van der Waals surface area contributed by atoms with Crippen molar-refractivity contribution < 1.29 is 19.4 Å². The van der Waals surface area contributed by atoms with Gasteiger partial charge in [0.05, 0.1) is 5.41 Å². The molecule has 1 saturated carbocycles. The lowest BCUT2D eigenvalue weighted by molar-refractivity contribution is -0.143. The maximum absolute atomic E-state index is 12.2. The summed E-state index contributed by atoms with van der Waals surface area (Å²) < 4.78 is 6.38. The minimum absolute atomic E-state index is 0.172. The molecule has 1 amide bonds. The summed E-state index contributed by atoms with van der Waals surface area (Å²) in [5.41, 5.74) is 0.104. The second-order valence-electron chi connectivity index (χ2n) is 5.35. The van der Waals surface area contributed by atoms with Crippen molar-refractivity contribution in [2.24, 2.45) is 5.41 Å². The summed E-state index contributed by atoms with van der Waals surface area (Å²) >= 11 is 3.38. The molecule has 0 spiro atoms. The summed E-state index contributed by atoms with van der Waals surface area (Å²) in [6, 6.07) is 5.56. The number of halogens is 1. The van der Waals surface area contributed by atoms with Crippen molar-refractivity contribution in [3.05, 3.63) is 28.2 Å². The second-order valence-corrected chi connectivity index (χ2v) is 6.26. The molecule has 0 bridgehead atoms. The van der Waals surface area contributed by atoms with E-state index in [0.717, 1.165) is 10.0 Å². The van der Waals surface area contributed by atoms with Crippen LogP contribution in [-0.2, 0) is 9.59 Å². The average molecular weight is 340 g/mol. The van der Waals surface area contributed by atoms with Gasteiger partial charge in [-0.05, 0) is 31.0 Å². The molecule has 1 aliphatic heterocycles. The Kier molecular flexibility index (Phi) is 3.20. The van der Waals surface area contributed by atoms with Crippen LogP contribution < -0.4 is 10.1 Å². The number of carbonyl (C=O) groups is 2. The third-order valence-electron chi connectivity index (χ3n) is 3.98. The van der Waals surface area contributed by atoms with Crippen LogP contribution in [0.25, 0.3) is 0 Å². The molecule has 0 saturated heterocycles. The standard InChI is InChI=1S/C14H14BrNO4/c15-8-1-2-11-9(5-8)10(6-20-11)12(17)16-7-14(3-4-14)13(18)19/h1-2,5,10H,3-4,6-7H2,(H,16,17)(H,18,19). The topological polar surface area (TPSA) is 75.6 Å². The molecule has 1 aromatic carbocycles. The SMILES string of the molecule is O=C(NCC1(C(=O)O)CC1)C1COc2ccc(Br)cc21. The maximum atomic E-state index is 12.2. The third kappa shape index (κ3) is 2.28. The van der Waals surface area contributed by atoms with E-state index in [1.807, 2.05) is 18.2 Å². The summed E-state index contributed by atoms with van der Waals surface area (Å²) in [4.78, 5) is 23.3. The highest BCUT2D eigenvalue weighted by Gasteiger charge is 2.50. The number of fused-ring (bicyclic) bond motifs is 1. The summed E-state index contributed by atoms with van der Waals surface area (Å²) in [5.74, 6) is -0.655. The van der Waals surface area contributed by atoms with Crippen LogP contribution in [0.3, 0.4) is 0 Å². The number of ether oxygens (including phenoxy) is 1. The van der Waals surface area contributed by atoms with Gasteiger partial charge < -0.3 is 15.2 Å². The zero-order chi connectivity index (χ0) is 14.3. The van der Waals surface area contributed by atoms with Gasteiger partial charge in [-0.25, -0.2) is 0 Å². The summed E-state index contributed by atoms with van der Waals surface area (Å²) in [6.45, 7) is 0.499. The highest BCUT2D eigenvalue weighted by atomic mass is 79.9. The Balaban J connectivity index is 1.68. The molecule has 20 heavy (non-hydrogen) atoms. The lowest BCUT2D eigenvalue weighted by Gasteiger charge is -2.14. The summed E-state index contributed by atoms with van der Waals surface area (Å²) in [7, 11) is 0. The fourth-order valence-corrected chi connectivity index (χ4v) is 2.78. The molecule has 1 aliphatic carbocycles. The van der Waals surface area contributed by atoms with Crippen LogP contribution in [0.2, 0.25) is 0 Å². The van der Waals surface area contributed by atoms with Gasteiger partial charge in [-0.15, -0.1) is 0 Å². The smallest absolute Gasteiger partial charge is 0.311 e. The van der Waals surface area contributed by atoms with Crippen molar-refractivity contribution in [2.75, 3.05) is 13.2 Å². The Hall–Kier alpha value is -1.56. The van der Waals surface area contributed by atoms with Gasteiger partial charge in [0.2, 0.25) is 5.91 Å². The van der Waals surface area contributed by atoms with Gasteiger partial charge in [-0.1, -0.05) is 15.9 Å². The molecule has 1 heterocycles. The molecule has 106 valence electrons. The molecule has 2 aliphatic rings. The molecule has 1 atom stereocenters. The number of carboxylic acids is 1. The van der Waals surface area contributed by atoms with E-state index in [1.165, 1.54) is 0 Å². The lowest BCUT2D eigenvalue weighted by atomic mass is 10.00. The molecule has 5 nitrogen and oxygen atoms in total. The van der Waals surface area contributed by atoms with Gasteiger partial charge in [-0.2, -0.15) is 0 Å². The highest BCUT2D eigenvalue weighted by molar-refractivity contribution is 9.10. The van der Waals surface area contributed by atoms with E-state index < -0.39 is 11.4 Å². The van der Waals surface area contributed by atoms with E-state index in [4.69, 9.17) is 9.84 Å². The van der Waals surface area contributed by atoms with Gasteiger partial charge >= 0.3 is 5.97 Å². The average Bonchev–Trinajstić information content (AvgIpc) is 3.10. The Morgan fingerprint density at radius 2 is 2.20 bits per heavy atom. The predicted octanol–water partition coefficient (Wildman–Crippen LogP) is 1.91. The van der Waals surface area contributed by atoms with E-state index in [1.54, 1.807) is 0 Å². The van der Waals surface area contributed by atoms with Crippen molar-refractivity contribution in [2.45, 2.75) is 18.8 Å². The Bertz CT molecular complexity index is 583. The Morgan fingerprint density at radius 3 is 2.85 bits per heavy atom. The van der Waals surface area contributed by atoms with Gasteiger partial charge in [0.25, 0.3) is 0 Å². The Morgan fingerprint density at radius 1 is 1.45 bits per heavy atom. The lowest BCUT2D eigenvalue weighted by Crippen LogP contribution is -2.37. The zero-order valence-electron chi connectivity index (χ0n) is 10.7. The van der Waals surface area contributed by atoms with Gasteiger partial charge in [0, 0.05) is 16.6 Å². The number of nitrogens with one attached hydrogen (secondary N) is 1. The van der Waals surface area contributed by atoms with Crippen molar-refractivity contribution in [1.29, 1.82) is 0 Å². The molecule has 1 fully saturated rings. The first kappa shape index (κ1) is 13.4. The van der Waals surface area contributed by atoms with Crippen molar-refractivity contribution in [1.82, 2.24) is 5.32 Å². The van der Waals surface area contributed by atoms with E-state index in [-0.39, 0.29) is 18.4 Å². The molecule has 3 rings (SSSR count). The van der Waals surface area contributed by atoms with Crippen LogP contribution in [0, 0.1) is 5.41 Å². The zero-order valence-corrected chi connectivity index (χ0v) is 12.3. The van der Waals surface area contributed by atoms with Crippen LogP contribution in [0.4, 0.5) is 0 Å². The number of hydrogen-bond donors (Lipinski definition) is 2. The third-order valence-corrected chi connectivity index (χ3v) is 4.47. The number of amides is 1. The minimum Gasteiger partial charge on any atom is -0.492 e. The number of aliphatic carboxylic acids is 1. The van der Waals surface area contributed by atoms with E-state index in [9.17, 15) is 9.59 Å². The van der Waals surface area contributed by atoms with Gasteiger partial charge in [-0.3, -0.25) is 9.59 Å². The van der Waals surface area contributed by atoms with Gasteiger partial charge in [0.15, 0.2) is 0 Å². The van der Waals surface area contributed by atoms with Crippen LogP contribution in [0.5, 0.6) is 5.75 Å². The first-order valence-corrected chi connectivity index (χ1v) is 7.24. The van der Waals surface area contributed by atoms with Crippen molar-refractivity contribution in [3.8, 4) is 5.75 Å². The largest absolute Gasteiger partial charge is 0.492 e. The summed E-state index contributed by atoms with van der Waals surface area (Å²) in [6.07, 6.45) is 1.26. The first-order valence-electron chi connectivity index (χ1n) is 6.45. The molecule has 1 aromatic rings. The Labute approximate surface area is 124 Å². The van der Waals surface area contributed by atoms with Gasteiger partial charge in [0.1, 0.15) is 18.3 Å². The quantitative estimate of drug-likeness (QED) is 0.878. The van der Waals surface area contributed by atoms with Crippen LogP contribution >= 0.6 is 15.9 Å². The molecule has 1 unspecified atom stereocenters. The number of rotatable bonds is 4.